The monoisotopic (exact) mass is 216 g/mol. The van der Waals surface area contributed by atoms with Gasteiger partial charge in [0.25, 0.3) is 10.1 Å². The summed E-state index contributed by atoms with van der Waals surface area (Å²) in [6.07, 6.45) is 0. The lowest BCUT2D eigenvalue weighted by Gasteiger charge is -2.08. The third-order valence-corrected chi connectivity index (χ3v) is 3.20. The van der Waals surface area contributed by atoms with Crippen LogP contribution in [-0.2, 0) is 10.1 Å². The highest BCUT2D eigenvalue weighted by molar-refractivity contribution is 7.86. The van der Waals surface area contributed by atoms with Crippen LogP contribution in [-0.4, -0.2) is 20.1 Å². The third-order valence-electron chi connectivity index (χ3n) is 2.03. The molecule has 0 aliphatic rings. The molecule has 0 fully saturated rings. The quantitative estimate of drug-likeness (QED) is 0.780. The van der Waals surface area contributed by atoms with E-state index in [1.165, 1.54) is 14.0 Å². The summed E-state index contributed by atoms with van der Waals surface area (Å²) in [6, 6.07) is 6.52. The van der Waals surface area contributed by atoms with E-state index in [1.807, 2.05) is 0 Å². The highest BCUT2D eigenvalue weighted by Crippen LogP contribution is 2.22. The van der Waals surface area contributed by atoms with Gasteiger partial charge in [0, 0.05) is 0 Å². The van der Waals surface area contributed by atoms with Crippen molar-refractivity contribution in [2.45, 2.75) is 12.2 Å². The van der Waals surface area contributed by atoms with Gasteiger partial charge in [0.15, 0.2) is 0 Å². The van der Waals surface area contributed by atoms with Crippen LogP contribution in [0, 0.1) is 0 Å². The van der Waals surface area contributed by atoms with E-state index in [1.54, 1.807) is 24.3 Å². The predicted molar refractivity (Wildman–Crippen MR) is 53.0 cm³/mol. The van der Waals surface area contributed by atoms with E-state index in [0.717, 1.165) is 0 Å². The van der Waals surface area contributed by atoms with Gasteiger partial charge in [-0.25, -0.2) is 0 Å². The number of benzene rings is 1. The van der Waals surface area contributed by atoms with Crippen molar-refractivity contribution in [3.8, 4) is 5.75 Å². The maximum absolute atomic E-state index is 10.8. The van der Waals surface area contributed by atoms with Crippen molar-refractivity contribution in [3.63, 3.8) is 0 Å². The molecule has 14 heavy (non-hydrogen) atoms. The van der Waals surface area contributed by atoms with Gasteiger partial charge in [0.2, 0.25) is 0 Å². The van der Waals surface area contributed by atoms with Crippen molar-refractivity contribution in [2.24, 2.45) is 0 Å². The summed E-state index contributed by atoms with van der Waals surface area (Å²) < 4.78 is 35.4. The molecule has 0 saturated heterocycles. The van der Waals surface area contributed by atoms with Crippen LogP contribution in [0.3, 0.4) is 0 Å². The van der Waals surface area contributed by atoms with E-state index >= 15 is 0 Å². The number of hydrogen-bond donors (Lipinski definition) is 1. The summed E-state index contributed by atoms with van der Waals surface area (Å²) in [6.45, 7) is 1.43. The fourth-order valence-electron chi connectivity index (χ4n) is 1.05. The van der Waals surface area contributed by atoms with Crippen LogP contribution in [0.1, 0.15) is 17.7 Å². The highest BCUT2D eigenvalue weighted by Gasteiger charge is 2.18. The topological polar surface area (TPSA) is 63.6 Å². The highest BCUT2D eigenvalue weighted by atomic mass is 32.2. The lowest BCUT2D eigenvalue weighted by molar-refractivity contribution is 0.414. The van der Waals surface area contributed by atoms with Crippen LogP contribution in [0.5, 0.6) is 5.75 Å². The molecule has 5 heteroatoms. The Morgan fingerprint density at radius 3 is 2.14 bits per heavy atom. The van der Waals surface area contributed by atoms with E-state index in [9.17, 15) is 8.42 Å². The van der Waals surface area contributed by atoms with Gasteiger partial charge < -0.3 is 4.74 Å². The Balaban J connectivity index is 2.98. The second-order valence-corrected chi connectivity index (χ2v) is 4.67. The summed E-state index contributed by atoms with van der Waals surface area (Å²) in [5.74, 6) is 0.649. The first kappa shape index (κ1) is 11.0. The van der Waals surface area contributed by atoms with Crippen LogP contribution >= 0.6 is 0 Å². The third kappa shape index (κ3) is 2.46. The molecule has 0 heterocycles. The minimum atomic E-state index is -4.02. The molecule has 0 saturated carbocycles. The Morgan fingerprint density at radius 1 is 1.29 bits per heavy atom. The number of methoxy groups -OCH3 is 1. The lowest BCUT2D eigenvalue weighted by Crippen LogP contribution is -2.08. The van der Waals surface area contributed by atoms with Crippen LogP contribution in [0.2, 0.25) is 0 Å². The van der Waals surface area contributed by atoms with Crippen LogP contribution < -0.4 is 4.74 Å². The first-order valence-electron chi connectivity index (χ1n) is 4.05. The molecule has 0 spiro atoms. The molecular weight excluding hydrogens is 204 g/mol. The molecule has 0 aliphatic carbocycles. The van der Waals surface area contributed by atoms with Crippen molar-refractivity contribution in [1.29, 1.82) is 0 Å². The number of ether oxygens (including phenoxy) is 1. The molecule has 0 radical (unpaired) electrons. The molecule has 1 N–H and O–H groups in total. The second-order valence-electron chi connectivity index (χ2n) is 2.93. The maximum Gasteiger partial charge on any atom is 0.271 e. The van der Waals surface area contributed by atoms with Gasteiger partial charge in [-0.1, -0.05) is 12.1 Å². The first-order valence-corrected chi connectivity index (χ1v) is 5.55. The van der Waals surface area contributed by atoms with Crippen LogP contribution in [0.25, 0.3) is 0 Å². The molecule has 1 rings (SSSR count). The van der Waals surface area contributed by atoms with Crippen molar-refractivity contribution in [3.05, 3.63) is 29.8 Å². The van der Waals surface area contributed by atoms with Gasteiger partial charge in [-0.05, 0) is 24.6 Å². The number of hydrogen-bond acceptors (Lipinski definition) is 3. The average molecular weight is 216 g/mol. The Morgan fingerprint density at radius 2 is 1.79 bits per heavy atom. The molecule has 0 aromatic heterocycles. The molecule has 0 amide bonds. The van der Waals surface area contributed by atoms with E-state index in [4.69, 9.17) is 9.29 Å². The standard InChI is InChI=1S/C9H12O4S/c1-7(14(10,11)12)8-3-5-9(13-2)6-4-8/h3-7H,1-2H3,(H,10,11,12). The van der Waals surface area contributed by atoms with Gasteiger partial charge in [0.1, 0.15) is 11.0 Å². The van der Waals surface area contributed by atoms with Gasteiger partial charge in [-0.3, -0.25) is 4.55 Å². The van der Waals surface area contributed by atoms with Crippen molar-refractivity contribution in [1.82, 2.24) is 0 Å². The summed E-state index contributed by atoms with van der Waals surface area (Å²) in [7, 11) is -2.49. The minimum Gasteiger partial charge on any atom is -0.497 e. The summed E-state index contributed by atoms with van der Waals surface area (Å²) in [5, 5.41) is -0.909. The Kier molecular flexibility index (Phi) is 3.13. The van der Waals surface area contributed by atoms with Gasteiger partial charge in [-0.2, -0.15) is 8.42 Å². The first-order chi connectivity index (χ1) is 6.45. The normalized spacial score (nSPS) is 13.6. The summed E-state index contributed by atoms with van der Waals surface area (Å²) in [5.41, 5.74) is 0.535. The van der Waals surface area contributed by atoms with Gasteiger partial charge in [-0.15, -0.1) is 0 Å². The molecule has 1 unspecified atom stereocenters. The van der Waals surface area contributed by atoms with Crippen LogP contribution in [0.4, 0.5) is 0 Å². The molecule has 4 nitrogen and oxygen atoms in total. The second kappa shape index (κ2) is 3.98. The fraction of sp³-hybridized carbons (Fsp3) is 0.333. The molecule has 1 aromatic rings. The zero-order valence-corrected chi connectivity index (χ0v) is 8.78. The Bertz CT molecular complexity index is 393. The fourth-order valence-corrected chi connectivity index (χ4v) is 1.55. The van der Waals surface area contributed by atoms with E-state index in [2.05, 4.69) is 0 Å². The van der Waals surface area contributed by atoms with Crippen LogP contribution in [0.15, 0.2) is 24.3 Å². The smallest absolute Gasteiger partial charge is 0.271 e. The average Bonchev–Trinajstić information content (AvgIpc) is 2.15. The Labute approximate surface area is 83.3 Å². The van der Waals surface area contributed by atoms with E-state index < -0.39 is 15.4 Å². The number of rotatable bonds is 3. The van der Waals surface area contributed by atoms with Crippen molar-refractivity contribution >= 4 is 10.1 Å². The van der Waals surface area contributed by atoms with E-state index in [-0.39, 0.29) is 0 Å². The van der Waals surface area contributed by atoms with Crippen molar-refractivity contribution in [2.75, 3.05) is 7.11 Å². The van der Waals surface area contributed by atoms with Gasteiger partial charge in [0.05, 0.1) is 7.11 Å². The zero-order chi connectivity index (χ0) is 10.8. The lowest BCUT2D eigenvalue weighted by atomic mass is 10.2. The molecule has 78 valence electrons. The SMILES string of the molecule is COc1ccc(C(C)S(=O)(=O)O)cc1. The molecule has 0 aliphatic heterocycles. The molecular formula is C9H12O4S. The van der Waals surface area contributed by atoms with Gasteiger partial charge >= 0.3 is 0 Å². The van der Waals surface area contributed by atoms with E-state index in [0.29, 0.717) is 11.3 Å². The molecule has 1 atom stereocenters. The largest absolute Gasteiger partial charge is 0.497 e. The Hall–Kier alpha value is -1.07. The summed E-state index contributed by atoms with van der Waals surface area (Å²) in [4.78, 5) is 0. The summed E-state index contributed by atoms with van der Waals surface area (Å²) >= 11 is 0. The zero-order valence-electron chi connectivity index (χ0n) is 7.97. The van der Waals surface area contributed by atoms with Crippen molar-refractivity contribution < 1.29 is 17.7 Å². The predicted octanol–water partition coefficient (Wildman–Crippen LogP) is 1.64. The maximum atomic E-state index is 10.8. The molecule has 1 aromatic carbocycles. The molecule has 0 bridgehead atoms. The minimum absolute atomic E-state index is 0.535.